The summed E-state index contributed by atoms with van der Waals surface area (Å²) in [6.07, 6.45) is 1.89. The molecule has 3 rings (SSSR count). The number of ether oxygens (including phenoxy) is 2. The van der Waals surface area contributed by atoms with E-state index in [4.69, 9.17) is 9.47 Å². The summed E-state index contributed by atoms with van der Waals surface area (Å²) in [5.41, 5.74) is 1.87. The first-order valence-electron chi connectivity index (χ1n) is 6.55. The van der Waals surface area contributed by atoms with Crippen molar-refractivity contribution in [3.63, 3.8) is 0 Å². The van der Waals surface area contributed by atoms with Crippen LogP contribution in [0.4, 0.5) is 5.69 Å². The Balaban J connectivity index is 1.89. The van der Waals surface area contributed by atoms with Gasteiger partial charge >= 0.3 is 0 Å². The molecule has 4 nitrogen and oxygen atoms in total. The Morgan fingerprint density at radius 3 is 2.85 bits per heavy atom. The number of nitrogens with one attached hydrogen (secondary N) is 1. The molecule has 1 aliphatic rings. The van der Waals surface area contributed by atoms with Gasteiger partial charge in [-0.2, -0.15) is 0 Å². The summed E-state index contributed by atoms with van der Waals surface area (Å²) < 4.78 is 10.8. The first-order chi connectivity index (χ1) is 9.78. The van der Waals surface area contributed by atoms with E-state index >= 15 is 0 Å². The molecule has 104 valence electrons. The third kappa shape index (κ3) is 2.49. The highest BCUT2D eigenvalue weighted by atomic mass is 32.1. The number of fused-ring (bicyclic) bond motifs is 1. The Bertz CT molecular complexity index is 622. The Morgan fingerprint density at radius 2 is 2.15 bits per heavy atom. The minimum absolute atomic E-state index is 0.0868. The summed E-state index contributed by atoms with van der Waals surface area (Å²) in [6.45, 7) is 2.35. The molecular formula is C15H15NO3S. The van der Waals surface area contributed by atoms with Crippen LogP contribution in [-0.2, 0) is 6.42 Å². The molecule has 1 N–H and O–H groups in total. The van der Waals surface area contributed by atoms with Crippen LogP contribution < -0.4 is 14.8 Å². The minimum atomic E-state index is -0.0868. The Labute approximate surface area is 121 Å². The SMILES string of the molecule is CCCc1cc2c(cc1NC(=O)c1cccs1)OCO2. The number of carbonyl (C=O) groups excluding carboxylic acids is 1. The van der Waals surface area contributed by atoms with Gasteiger partial charge in [0.25, 0.3) is 5.91 Å². The fourth-order valence-corrected chi connectivity index (χ4v) is 2.79. The number of hydrogen-bond donors (Lipinski definition) is 1. The largest absolute Gasteiger partial charge is 0.454 e. The van der Waals surface area contributed by atoms with Crippen LogP contribution in [0.25, 0.3) is 0 Å². The maximum atomic E-state index is 12.2. The standard InChI is InChI=1S/C15H15NO3S/c1-2-4-10-7-12-13(19-9-18-12)8-11(10)16-15(17)14-5-3-6-20-14/h3,5-8H,2,4,9H2,1H3,(H,16,17). The van der Waals surface area contributed by atoms with Crippen LogP contribution in [0.5, 0.6) is 11.5 Å². The van der Waals surface area contributed by atoms with E-state index in [0.29, 0.717) is 10.6 Å². The van der Waals surface area contributed by atoms with Gasteiger partial charge in [0.05, 0.1) is 4.88 Å². The van der Waals surface area contributed by atoms with E-state index in [9.17, 15) is 4.79 Å². The average molecular weight is 289 g/mol. The van der Waals surface area contributed by atoms with Gasteiger partial charge in [-0.15, -0.1) is 11.3 Å². The maximum Gasteiger partial charge on any atom is 0.265 e. The number of thiophene rings is 1. The van der Waals surface area contributed by atoms with Gasteiger partial charge in [0.2, 0.25) is 6.79 Å². The zero-order valence-corrected chi connectivity index (χ0v) is 12.0. The molecule has 0 atom stereocenters. The molecule has 0 spiro atoms. The molecule has 0 fully saturated rings. The molecular weight excluding hydrogens is 274 g/mol. The van der Waals surface area contributed by atoms with E-state index in [1.165, 1.54) is 11.3 Å². The molecule has 0 saturated carbocycles. The molecule has 0 bridgehead atoms. The van der Waals surface area contributed by atoms with Gasteiger partial charge < -0.3 is 14.8 Å². The second kappa shape index (κ2) is 5.54. The summed E-state index contributed by atoms with van der Waals surface area (Å²) in [5, 5.41) is 4.85. The molecule has 0 saturated heterocycles. The van der Waals surface area contributed by atoms with Crippen LogP contribution in [0.1, 0.15) is 28.6 Å². The van der Waals surface area contributed by atoms with E-state index in [1.54, 1.807) is 0 Å². The number of amides is 1. The van der Waals surface area contributed by atoms with Gasteiger partial charge in [-0.1, -0.05) is 19.4 Å². The molecule has 1 aromatic heterocycles. The number of hydrogen-bond acceptors (Lipinski definition) is 4. The second-order valence-electron chi connectivity index (χ2n) is 4.54. The number of rotatable bonds is 4. The Kier molecular flexibility index (Phi) is 3.60. The Hall–Kier alpha value is -2.01. The predicted molar refractivity (Wildman–Crippen MR) is 78.8 cm³/mol. The third-order valence-corrected chi connectivity index (χ3v) is 3.98. The molecule has 5 heteroatoms. The minimum Gasteiger partial charge on any atom is -0.454 e. The van der Waals surface area contributed by atoms with E-state index in [2.05, 4.69) is 12.2 Å². The van der Waals surface area contributed by atoms with Crippen LogP contribution in [0.15, 0.2) is 29.6 Å². The van der Waals surface area contributed by atoms with Gasteiger partial charge in [-0.25, -0.2) is 0 Å². The van der Waals surface area contributed by atoms with Crippen molar-refractivity contribution in [3.8, 4) is 11.5 Å². The molecule has 1 amide bonds. The quantitative estimate of drug-likeness (QED) is 0.934. The van der Waals surface area contributed by atoms with Crippen LogP contribution in [0.3, 0.4) is 0 Å². The number of anilines is 1. The molecule has 0 unspecified atom stereocenters. The third-order valence-electron chi connectivity index (χ3n) is 3.11. The lowest BCUT2D eigenvalue weighted by Crippen LogP contribution is -2.11. The predicted octanol–water partition coefficient (Wildman–Crippen LogP) is 3.68. The normalized spacial score (nSPS) is 12.4. The molecule has 1 aromatic carbocycles. The van der Waals surface area contributed by atoms with Gasteiger partial charge in [-0.3, -0.25) is 4.79 Å². The van der Waals surface area contributed by atoms with Crippen molar-refractivity contribution in [2.24, 2.45) is 0 Å². The summed E-state index contributed by atoms with van der Waals surface area (Å²) in [7, 11) is 0. The summed E-state index contributed by atoms with van der Waals surface area (Å²) >= 11 is 1.43. The van der Waals surface area contributed by atoms with Crippen molar-refractivity contribution in [2.75, 3.05) is 12.1 Å². The molecule has 2 heterocycles. The van der Waals surface area contributed by atoms with Gasteiger partial charge in [0.1, 0.15) is 0 Å². The molecule has 20 heavy (non-hydrogen) atoms. The van der Waals surface area contributed by atoms with Crippen molar-refractivity contribution in [1.82, 2.24) is 0 Å². The lowest BCUT2D eigenvalue weighted by Gasteiger charge is -2.11. The van der Waals surface area contributed by atoms with Gasteiger partial charge in [-0.05, 0) is 29.5 Å². The lowest BCUT2D eigenvalue weighted by molar-refractivity contribution is 0.103. The smallest absolute Gasteiger partial charge is 0.265 e. The van der Waals surface area contributed by atoms with Crippen molar-refractivity contribution >= 4 is 22.9 Å². The fraction of sp³-hybridized carbons (Fsp3) is 0.267. The van der Waals surface area contributed by atoms with Crippen molar-refractivity contribution in [3.05, 3.63) is 40.1 Å². The number of aryl methyl sites for hydroxylation is 1. The molecule has 0 radical (unpaired) electrons. The first kappa shape index (κ1) is 13.0. The molecule has 1 aliphatic heterocycles. The van der Waals surface area contributed by atoms with Crippen molar-refractivity contribution in [2.45, 2.75) is 19.8 Å². The zero-order chi connectivity index (χ0) is 13.9. The van der Waals surface area contributed by atoms with Gasteiger partial charge in [0, 0.05) is 11.8 Å². The van der Waals surface area contributed by atoms with E-state index in [-0.39, 0.29) is 12.7 Å². The van der Waals surface area contributed by atoms with Crippen LogP contribution in [-0.4, -0.2) is 12.7 Å². The number of carbonyl (C=O) groups is 1. The van der Waals surface area contributed by atoms with Crippen molar-refractivity contribution < 1.29 is 14.3 Å². The average Bonchev–Trinajstić information content (AvgIpc) is 3.09. The second-order valence-corrected chi connectivity index (χ2v) is 5.49. The highest BCUT2D eigenvalue weighted by Crippen LogP contribution is 2.37. The van der Waals surface area contributed by atoms with Crippen LogP contribution in [0, 0.1) is 0 Å². The summed E-state index contributed by atoms with van der Waals surface area (Å²) in [4.78, 5) is 12.9. The van der Waals surface area contributed by atoms with E-state index in [1.807, 2.05) is 29.6 Å². The Morgan fingerprint density at radius 1 is 1.35 bits per heavy atom. The van der Waals surface area contributed by atoms with Crippen LogP contribution in [0.2, 0.25) is 0 Å². The summed E-state index contributed by atoms with van der Waals surface area (Å²) in [6, 6.07) is 7.48. The van der Waals surface area contributed by atoms with E-state index in [0.717, 1.165) is 29.8 Å². The van der Waals surface area contributed by atoms with Crippen LogP contribution >= 0.6 is 11.3 Å². The maximum absolute atomic E-state index is 12.2. The highest BCUT2D eigenvalue weighted by molar-refractivity contribution is 7.12. The topological polar surface area (TPSA) is 47.6 Å². The molecule has 2 aromatic rings. The van der Waals surface area contributed by atoms with Crippen molar-refractivity contribution in [1.29, 1.82) is 0 Å². The zero-order valence-electron chi connectivity index (χ0n) is 11.1. The number of benzene rings is 1. The molecule has 0 aliphatic carbocycles. The lowest BCUT2D eigenvalue weighted by atomic mass is 10.1. The summed E-state index contributed by atoms with van der Waals surface area (Å²) in [5.74, 6) is 1.35. The monoisotopic (exact) mass is 289 g/mol. The van der Waals surface area contributed by atoms with Gasteiger partial charge in [0.15, 0.2) is 11.5 Å². The first-order valence-corrected chi connectivity index (χ1v) is 7.43. The highest BCUT2D eigenvalue weighted by Gasteiger charge is 2.18. The fourth-order valence-electron chi connectivity index (χ4n) is 2.17. The van der Waals surface area contributed by atoms with E-state index < -0.39 is 0 Å².